The van der Waals surface area contributed by atoms with Gasteiger partial charge in [-0.15, -0.1) is 0 Å². The second-order valence-corrected chi connectivity index (χ2v) is 18.0. The predicted octanol–water partition coefficient (Wildman–Crippen LogP) is 11.2. The molecule has 2 fully saturated rings. The summed E-state index contributed by atoms with van der Waals surface area (Å²) in [4.78, 5) is 92.8. The van der Waals surface area contributed by atoms with Crippen molar-refractivity contribution in [1.82, 2.24) is 4.98 Å². The van der Waals surface area contributed by atoms with Crippen LogP contribution in [0.3, 0.4) is 0 Å². The highest BCUT2D eigenvalue weighted by atomic mass is 32.1. The number of ether oxygens (including phenoxy) is 9. The molecule has 422 valence electrons. The predicted molar refractivity (Wildman–Crippen MR) is 299 cm³/mol. The molecule has 0 spiro atoms. The van der Waals surface area contributed by atoms with Crippen LogP contribution in [0.4, 0.5) is 5.13 Å². The van der Waals surface area contributed by atoms with Crippen LogP contribution in [0, 0.1) is 23.7 Å². The molecule has 0 aliphatic heterocycles. The molecule has 0 radical (unpaired) electrons. The zero-order valence-corrected chi connectivity index (χ0v) is 41.5. The van der Waals surface area contributed by atoms with E-state index < -0.39 is 65.5 Å². The smallest absolute Gasteiger partial charge is 0.333 e. The van der Waals surface area contributed by atoms with Crippen LogP contribution in [0.5, 0.6) is 34.5 Å². The maximum absolute atomic E-state index is 13.8. The highest BCUT2D eigenvalue weighted by Gasteiger charge is 2.34. The number of nitrogens with zero attached hydrogens (tertiary/aromatic N) is 3. The molecular weight excluding hydrogens is 1040 g/mol. The fraction of sp³-hybridized carbons (Fsp3) is 0.339. The van der Waals surface area contributed by atoms with E-state index in [1.165, 1.54) is 40.8 Å². The molecule has 4 aromatic carbocycles. The number of benzene rings is 4. The van der Waals surface area contributed by atoms with Gasteiger partial charge < -0.3 is 42.6 Å². The summed E-state index contributed by atoms with van der Waals surface area (Å²) in [6, 6.07) is 24.5. The van der Waals surface area contributed by atoms with Crippen molar-refractivity contribution in [1.29, 1.82) is 0 Å². The highest BCUT2D eigenvalue weighted by Crippen LogP contribution is 2.35. The fourth-order valence-electron chi connectivity index (χ4n) is 7.94. The standard InChI is InChI=1S/C55H53N3O16S.4CH4/c1-4-48(59)66-30-29-58(55-57-45-9-7-8-10-47(45)75-55)56-32-39-31-44(73-53(64)37-13-11-35(12-14-37)51(62)71-42-23-19-40(20-24-42)67-33-69-49(60)5-2)27-28-46(39)74-54(65)38-17-15-36(16-18-38)52(63)72-43-25-21-41(22-26-43)68-34-70-50(61)6-3;;;;/h4-10,19-28,31-32,35-38H,1-3,11-18,29-30,33-34H2;4*1H4/b56-32+;;;;. The molecule has 2 saturated carbocycles. The van der Waals surface area contributed by atoms with Gasteiger partial charge in [0.05, 0.1) is 46.6 Å². The van der Waals surface area contributed by atoms with Gasteiger partial charge >= 0.3 is 41.8 Å². The number of carbonyl (C=O) groups is 7. The van der Waals surface area contributed by atoms with E-state index in [2.05, 4.69) is 19.7 Å². The van der Waals surface area contributed by atoms with Gasteiger partial charge in [0.2, 0.25) is 18.7 Å². The van der Waals surface area contributed by atoms with Gasteiger partial charge in [0.1, 0.15) is 41.1 Å². The number of thiazole rings is 1. The van der Waals surface area contributed by atoms with Crippen molar-refractivity contribution >= 4 is 74.7 Å². The van der Waals surface area contributed by atoms with E-state index in [0.717, 1.165) is 28.4 Å². The number of esters is 7. The molecular formula is C59H69N3O16S. The second-order valence-electron chi connectivity index (χ2n) is 17.0. The highest BCUT2D eigenvalue weighted by molar-refractivity contribution is 7.22. The summed E-state index contributed by atoms with van der Waals surface area (Å²) in [5, 5.41) is 6.73. The van der Waals surface area contributed by atoms with E-state index >= 15 is 0 Å². The van der Waals surface area contributed by atoms with E-state index in [0.29, 0.717) is 79.5 Å². The third-order valence-electron chi connectivity index (χ3n) is 12.0. The lowest BCUT2D eigenvalue weighted by atomic mass is 9.82. The zero-order chi connectivity index (χ0) is 53.1. The van der Waals surface area contributed by atoms with Gasteiger partial charge in [-0.25, -0.2) is 24.4 Å². The molecule has 1 heterocycles. The average molecular weight is 1110 g/mol. The molecule has 20 heteroatoms. The molecule has 0 N–H and O–H groups in total. The van der Waals surface area contributed by atoms with Gasteiger partial charge in [0.25, 0.3) is 0 Å². The largest absolute Gasteiger partial charge is 0.461 e. The van der Waals surface area contributed by atoms with E-state index in [4.69, 9.17) is 52.7 Å². The van der Waals surface area contributed by atoms with Gasteiger partial charge in [0, 0.05) is 23.8 Å². The third-order valence-corrected chi connectivity index (χ3v) is 13.1. The quantitative estimate of drug-likeness (QED) is 0.0113. The number of fused-ring (bicyclic) bond motifs is 1. The maximum Gasteiger partial charge on any atom is 0.333 e. The molecule has 0 saturated heterocycles. The van der Waals surface area contributed by atoms with Gasteiger partial charge in [-0.1, -0.05) is 72.9 Å². The van der Waals surface area contributed by atoms with E-state index in [1.807, 2.05) is 24.3 Å². The van der Waals surface area contributed by atoms with Gasteiger partial charge in [-0.2, -0.15) is 5.10 Å². The Labute approximate surface area is 464 Å². The van der Waals surface area contributed by atoms with Crippen molar-refractivity contribution < 1.29 is 76.2 Å². The Morgan fingerprint density at radius 2 is 0.937 bits per heavy atom. The van der Waals surface area contributed by atoms with E-state index in [9.17, 15) is 33.6 Å². The summed E-state index contributed by atoms with van der Waals surface area (Å²) in [5.41, 5.74) is 1.00. The summed E-state index contributed by atoms with van der Waals surface area (Å²) < 4.78 is 49.6. The molecule has 0 atom stereocenters. The monoisotopic (exact) mass is 1110 g/mol. The number of carbonyl (C=O) groups excluding carboxylic acids is 7. The number of aromatic nitrogens is 1. The summed E-state index contributed by atoms with van der Waals surface area (Å²) in [7, 11) is 0. The fourth-order valence-corrected chi connectivity index (χ4v) is 8.89. The van der Waals surface area contributed by atoms with Gasteiger partial charge in [-0.3, -0.25) is 19.2 Å². The topological polar surface area (TPSA) is 231 Å². The Kier molecular flexibility index (Phi) is 26.3. The van der Waals surface area contributed by atoms with Crippen LogP contribution in [0.1, 0.15) is 86.6 Å². The van der Waals surface area contributed by atoms with E-state index in [-0.39, 0.29) is 73.5 Å². The van der Waals surface area contributed by atoms with Crippen LogP contribution in [0.25, 0.3) is 10.2 Å². The minimum atomic E-state index is -0.627. The molecule has 0 unspecified atom stereocenters. The van der Waals surface area contributed by atoms with Gasteiger partial charge in [0.15, 0.2) is 0 Å². The Bertz CT molecular complexity index is 2870. The van der Waals surface area contributed by atoms with Crippen LogP contribution >= 0.6 is 11.3 Å². The van der Waals surface area contributed by atoms with Crippen molar-refractivity contribution in [3.05, 3.63) is 135 Å². The molecule has 5 aromatic rings. The second kappa shape index (κ2) is 32.2. The summed E-state index contributed by atoms with van der Waals surface area (Å²) in [6.07, 6.45) is 7.48. The molecule has 0 bridgehead atoms. The minimum absolute atomic E-state index is 0. The Morgan fingerprint density at radius 1 is 0.532 bits per heavy atom. The molecule has 2 aliphatic carbocycles. The normalized spacial score (nSPS) is 16.2. The van der Waals surface area contributed by atoms with Crippen LogP contribution in [-0.2, 0) is 47.8 Å². The van der Waals surface area contributed by atoms with Crippen LogP contribution in [-0.4, -0.2) is 79.7 Å². The van der Waals surface area contributed by atoms with E-state index in [1.54, 1.807) is 48.5 Å². The molecule has 79 heavy (non-hydrogen) atoms. The van der Waals surface area contributed by atoms with Crippen molar-refractivity contribution in [2.24, 2.45) is 28.8 Å². The molecule has 0 amide bonds. The number of para-hydroxylation sites is 1. The number of hydrogen-bond acceptors (Lipinski definition) is 20. The minimum Gasteiger partial charge on any atom is -0.461 e. The van der Waals surface area contributed by atoms with Crippen molar-refractivity contribution in [2.45, 2.75) is 81.1 Å². The first kappa shape index (κ1) is 64.6. The van der Waals surface area contributed by atoms with Crippen molar-refractivity contribution in [3.63, 3.8) is 0 Å². The molecule has 1 aromatic heterocycles. The Balaban J connectivity index is 0.00000410. The molecule has 7 rings (SSSR count). The van der Waals surface area contributed by atoms with Gasteiger partial charge in [-0.05, 0) is 130 Å². The maximum atomic E-state index is 13.8. The lowest BCUT2D eigenvalue weighted by Gasteiger charge is -2.26. The summed E-state index contributed by atoms with van der Waals surface area (Å²) >= 11 is 1.36. The first-order chi connectivity index (χ1) is 36.4. The zero-order valence-electron chi connectivity index (χ0n) is 40.7. The first-order valence-electron chi connectivity index (χ1n) is 23.9. The summed E-state index contributed by atoms with van der Waals surface area (Å²) in [5.74, 6) is -4.08. The number of rotatable bonds is 23. The summed E-state index contributed by atoms with van der Waals surface area (Å²) in [6.45, 7) is 9.51. The van der Waals surface area contributed by atoms with Crippen LogP contribution < -0.4 is 33.4 Å². The van der Waals surface area contributed by atoms with Crippen LogP contribution in [0.2, 0.25) is 0 Å². The molecule has 2 aliphatic rings. The Morgan fingerprint density at radius 3 is 1.39 bits per heavy atom. The van der Waals surface area contributed by atoms with Crippen LogP contribution in [0.15, 0.2) is 134 Å². The Hall–Kier alpha value is -8.65. The lowest BCUT2D eigenvalue weighted by molar-refractivity contribution is -0.145. The average Bonchev–Trinajstić information content (AvgIpc) is 3.90. The van der Waals surface area contributed by atoms with Crippen molar-refractivity contribution in [2.75, 3.05) is 31.7 Å². The number of hydrogen-bond donors (Lipinski definition) is 0. The number of hydrazone groups is 1. The number of anilines is 1. The SMILES string of the molecule is C.C.C.C.C=CC(=O)OCCN(/N=C/c1cc(OC(=O)C2CCC(C(=O)Oc3ccc(OCOC(=O)C=C)cc3)CC2)ccc1OC(=O)C1CCC(C(=O)Oc2ccc(OCOC(=O)C=C)cc2)CC1)c1nc2ccccc2s1. The lowest BCUT2D eigenvalue weighted by Crippen LogP contribution is -2.30. The first-order valence-corrected chi connectivity index (χ1v) is 24.7. The third kappa shape index (κ3) is 19.1. The molecule has 19 nitrogen and oxygen atoms in total. The van der Waals surface area contributed by atoms with Crippen molar-refractivity contribution in [3.8, 4) is 34.5 Å².